The van der Waals surface area contributed by atoms with Crippen LogP contribution in [-0.4, -0.2) is 35.0 Å². The topological polar surface area (TPSA) is 83.7 Å². The van der Waals surface area contributed by atoms with E-state index in [0.29, 0.717) is 24.4 Å². The van der Waals surface area contributed by atoms with E-state index in [-0.39, 0.29) is 10.8 Å². The van der Waals surface area contributed by atoms with Gasteiger partial charge in [0.2, 0.25) is 0 Å². The maximum absolute atomic E-state index is 12.8. The number of ether oxygens (including phenoxy) is 2. The molecule has 0 aliphatic carbocycles. The van der Waals surface area contributed by atoms with Crippen molar-refractivity contribution in [3.63, 3.8) is 0 Å². The highest BCUT2D eigenvalue weighted by molar-refractivity contribution is 6.96. The first-order valence-corrected chi connectivity index (χ1v) is 36.2. The average molecular weight is 1290 g/mol. The van der Waals surface area contributed by atoms with E-state index in [1.54, 1.807) is 0 Å². The first kappa shape index (κ1) is 65.2. The molecule has 0 saturated heterocycles. The van der Waals surface area contributed by atoms with Crippen molar-refractivity contribution in [2.45, 2.75) is 143 Å². The highest BCUT2D eigenvalue weighted by Crippen LogP contribution is 2.42. The molecule has 8 aromatic carbocycles. The molecule has 0 atom stereocenters. The van der Waals surface area contributed by atoms with Gasteiger partial charge in [-0.05, 0) is 119 Å². The number of rotatable bonds is 22. The van der Waals surface area contributed by atoms with Crippen LogP contribution in [0.1, 0.15) is 155 Å². The molecule has 0 unspecified atom stereocenters. The van der Waals surface area contributed by atoms with E-state index < -0.39 is 12.8 Å². The first-order chi connectivity index (χ1) is 47.8. The Bertz CT molecular complexity index is 4740. The molecule has 2 aliphatic heterocycles. The molecule has 0 spiro atoms. The van der Waals surface area contributed by atoms with Crippen LogP contribution in [0.2, 0.25) is 0 Å². The van der Waals surface area contributed by atoms with Crippen molar-refractivity contribution in [3.8, 4) is 46.2 Å². The van der Waals surface area contributed by atoms with Crippen LogP contribution in [-0.2, 0) is 10.8 Å². The molecule has 0 saturated carbocycles. The standard InChI is InChI=1S/C88H90B2N6O2/c1-9-11-13-15-17-31-57-97-73-49-41-63(42-50-73)83-81-82(86-76(62-92)80-54-46-65-59-67(87(3,4)5)47-55-77(65)93(80)89(95(83)86,69-33-23-19-24-34-69)70-35-25-20-26-36-70)84(64-43-51-74(52-44-64)98-58-32-18-16-14-12-10-2)96-85(81)75(61-91)79-53-45-66-60-68(88(6,7)8)48-56-78(66)94(79)90(96,71-37-27-21-28-38-71)72-39-29-22-30-40-72/h19-30,33-56,59-60H,9-18,31-32,57-58H2,1-8H3. The maximum atomic E-state index is 12.8. The first-order valence-electron chi connectivity index (χ1n) is 36.2. The molecule has 4 aromatic heterocycles. The minimum Gasteiger partial charge on any atom is -0.494 e. The number of hydrogen-bond acceptors (Lipinski definition) is 4. The lowest BCUT2D eigenvalue weighted by molar-refractivity contribution is -0.519. The van der Waals surface area contributed by atoms with Gasteiger partial charge in [-0.3, -0.25) is 0 Å². The van der Waals surface area contributed by atoms with Gasteiger partial charge < -0.3 is 27.4 Å². The van der Waals surface area contributed by atoms with E-state index in [4.69, 9.17) is 9.47 Å². The van der Waals surface area contributed by atoms with Crippen molar-refractivity contribution in [3.05, 3.63) is 264 Å². The number of nitriles is 2. The van der Waals surface area contributed by atoms with Crippen molar-refractivity contribution < 1.29 is 18.4 Å². The minimum absolute atomic E-state index is 0.136. The molecular formula is C88H90B2N6O2. The summed E-state index contributed by atoms with van der Waals surface area (Å²) in [6, 6.07) is 90.1. The van der Waals surface area contributed by atoms with E-state index in [1.165, 1.54) is 62.5 Å². The quantitative estimate of drug-likeness (QED) is 0.0500. The minimum atomic E-state index is -2.45. The lowest BCUT2D eigenvalue weighted by Crippen LogP contribution is -2.87. The van der Waals surface area contributed by atoms with Crippen molar-refractivity contribution in [2.75, 3.05) is 13.2 Å². The molecule has 98 heavy (non-hydrogen) atoms. The Hall–Kier alpha value is -10.2. The Morgan fingerprint density at radius 2 is 0.704 bits per heavy atom. The van der Waals surface area contributed by atoms with Gasteiger partial charge in [0.1, 0.15) is 34.8 Å². The number of fused-ring (bicyclic) bond motifs is 11. The normalized spacial score (nSPS) is 13.8. The fourth-order valence-corrected chi connectivity index (χ4v) is 16.6. The fraction of sp³-hybridized carbons (Fsp3) is 0.273. The number of pyridine rings is 2. The van der Waals surface area contributed by atoms with E-state index in [0.717, 1.165) is 136 Å². The van der Waals surface area contributed by atoms with Crippen LogP contribution in [0.15, 0.2) is 231 Å². The summed E-state index contributed by atoms with van der Waals surface area (Å²) in [6.07, 6.45) is 9.12. The zero-order valence-electron chi connectivity index (χ0n) is 58.5. The lowest BCUT2D eigenvalue weighted by Gasteiger charge is -2.45. The van der Waals surface area contributed by atoms with Gasteiger partial charge in [-0.25, -0.2) is 0 Å². The van der Waals surface area contributed by atoms with Crippen molar-refractivity contribution in [1.29, 1.82) is 10.5 Å². The number of benzene rings is 8. The summed E-state index contributed by atoms with van der Waals surface area (Å²) < 4.78 is 23.6. The smallest absolute Gasteiger partial charge is 0.435 e. The van der Waals surface area contributed by atoms with Gasteiger partial charge in [0.25, 0.3) is 0 Å². The molecular weight excluding hydrogens is 1190 g/mol. The summed E-state index contributed by atoms with van der Waals surface area (Å²) in [5.74, 6) is 1.59. The van der Waals surface area contributed by atoms with E-state index in [9.17, 15) is 10.5 Å². The molecule has 10 heteroatoms. The summed E-state index contributed by atoms with van der Waals surface area (Å²) in [4.78, 5) is 0. The summed E-state index contributed by atoms with van der Waals surface area (Å²) in [5.41, 5.74) is 14.6. The molecule has 0 fully saturated rings. The molecule has 12 aromatic rings. The molecule has 0 N–H and O–H groups in total. The molecule has 2 aliphatic rings. The number of hydrogen-bond donors (Lipinski definition) is 0. The summed E-state index contributed by atoms with van der Waals surface area (Å²) in [7, 11) is 0. The summed E-state index contributed by atoms with van der Waals surface area (Å²) >= 11 is 0. The van der Waals surface area contributed by atoms with Crippen LogP contribution in [0.3, 0.4) is 0 Å². The van der Waals surface area contributed by atoms with E-state index >= 15 is 0 Å². The highest BCUT2D eigenvalue weighted by Gasteiger charge is 2.55. The van der Waals surface area contributed by atoms with Crippen LogP contribution in [0, 0.1) is 22.7 Å². The fourth-order valence-electron chi connectivity index (χ4n) is 16.6. The van der Waals surface area contributed by atoms with Crippen LogP contribution in [0.4, 0.5) is 0 Å². The van der Waals surface area contributed by atoms with Gasteiger partial charge in [-0.1, -0.05) is 253 Å². The highest BCUT2D eigenvalue weighted by atomic mass is 16.5. The Morgan fingerprint density at radius 1 is 0.378 bits per heavy atom. The van der Waals surface area contributed by atoms with Crippen LogP contribution >= 0.6 is 0 Å². The molecule has 0 bridgehead atoms. The van der Waals surface area contributed by atoms with Crippen molar-refractivity contribution in [1.82, 2.24) is 8.96 Å². The summed E-state index contributed by atoms with van der Waals surface area (Å²) in [5, 5.41) is 31.1. The second kappa shape index (κ2) is 27.0. The molecule has 8 nitrogen and oxygen atoms in total. The van der Waals surface area contributed by atoms with Gasteiger partial charge >= 0.3 is 12.8 Å². The monoisotopic (exact) mass is 1280 g/mol. The molecule has 490 valence electrons. The Morgan fingerprint density at radius 3 is 1.02 bits per heavy atom. The number of unbranched alkanes of at least 4 members (excludes halogenated alkanes) is 10. The van der Waals surface area contributed by atoms with Gasteiger partial charge in [0.05, 0.1) is 13.2 Å². The molecule has 0 radical (unpaired) electrons. The van der Waals surface area contributed by atoms with Gasteiger partial charge in [-0.2, -0.15) is 10.5 Å². The SMILES string of the molecule is CCCCCCCCOc1ccc(-c2c3c4n(c(-c5ccc(OCCCCCCCC)cc5)c3c3n2[B-](c2ccccc2)(c2ccccc2)[n+]2c(ccc5cc(C(C)(C)C)ccc52)C=3C#N)[B-](c2ccccc2)(c2ccccc2)[n+]2c(ccc3cc(C(C)(C)C)ccc32)C=4C#N)cc1. The van der Waals surface area contributed by atoms with Crippen molar-refractivity contribution >= 4 is 78.4 Å². The zero-order valence-corrected chi connectivity index (χ0v) is 58.5. The maximum Gasteiger partial charge on any atom is 0.435 e. The predicted octanol–water partition coefficient (Wildman–Crippen LogP) is 16.1. The third-order valence-electron chi connectivity index (χ3n) is 21.4. The van der Waals surface area contributed by atoms with Gasteiger partial charge in [0, 0.05) is 67.9 Å². The number of aromatic nitrogens is 4. The van der Waals surface area contributed by atoms with Gasteiger partial charge in [0.15, 0.2) is 22.4 Å². The average Bonchev–Trinajstić information content (AvgIpc) is 1.44. The van der Waals surface area contributed by atoms with Crippen molar-refractivity contribution in [2.24, 2.45) is 0 Å². The van der Waals surface area contributed by atoms with Crippen LogP contribution in [0.5, 0.6) is 11.5 Å². The number of nitrogens with zero attached hydrogens (tertiary/aromatic N) is 6. The molecule has 0 amide bonds. The Kier molecular flexibility index (Phi) is 18.0. The van der Waals surface area contributed by atoms with E-state index in [1.807, 2.05) is 0 Å². The van der Waals surface area contributed by atoms with Gasteiger partial charge in [-0.15, -0.1) is 21.9 Å². The Balaban J connectivity index is 1.22. The molecule has 14 rings (SSSR count). The second-order valence-electron chi connectivity index (χ2n) is 29.6. The third-order valence-corrected chi connectivity index (χ3v) is 21.4. The summed E-state index contributed by atoms with van der Waals surface area (Å²) in [6.45, 7) is 19.4. The lowest BCUT2D eigenvalue weighted by atomic mass is 9.35. The largest absolute Gasteiger partial charge is 0.494 e. The van der Waals surface area contributed by atoms with E-state index in [2.05, 4.69) is 316 Å². The molecule has 6 heterocycles. The van der Waals surface area contributed by atoms with Crippen LogP contribution < -0.4 is 51.0 Å². The predicted molar refractivity (Wildman–Crippen MR) is 407 cm³/mol. The Labute approximate surface area is 579 Å². The third kappa shape index (κ3) is 11.1. The zero-order chi connectivity index (χ0) is 67.8. The second-order valence-corrected chi connectivity index (χ2v) is 29.6. The van der Waals surface area contributed by atoms with Crippen LogP contribution in [0.25, 0.3) is 66.2 Å².